The second-order valence-corrected chi connectivity index (χ2v) is 14.0. The van der Waals surface area contributed by atoms with Crippen LogP contribution in [-0.2, 0) is 22.0 Å². The molecule has 232 valence electrons. The van der Waals surface area contributed by atoms with E-state index in [4.69, 9.17) is 9.47 Å². The SMILES string of the molecule is COc1c(NC(=O)c2ccc(C)c(Oc3ccnc(CN4CC[C@@H](N(C)C)C4)n3)c2)cc(C(C)(C)C)cc1NS(C)(=O)=O. The first-order valence-electron chi connectivity index (χ1n) is 14.1. The Hall–Kier alpha value is -3.74. The highest BCUT2D eigenvalue weighted by Crippen LogP contribution is 2.39. The number of benzene rings is 2. The fraction of sp³-hybridized carbons (Fsp3) is 0.452. The van der Waals surface area contributed by atoms with Crippen LogP contribution in [0, 0.1) is 6.92 Å². The summed E-state index contributed by atoms with van der Waals surface area (Å²) in [6, 6.07) is 10.9. The number of amides is 1. The molecule has 1 atom stereocenters. The third-order valence-corrected chi connectivity index (χ3v) is 7.98. The quantitative estimate of drug-likeness (QED) is 0.338. The van der Waals surface area contributed by atoms with E-state index in [1.807, 2.05) is 27.7 Å². The predicted molar refractivity (Wildman–Crippen MR) is 169 cm³/mol. The molecule has 2 N–H and O–H groups in total. The van der Waals surface area contributed by atoms with E-state index in [0.717, 1.165) is 36.9 Å². The number of carbonyl (C=O) groups excluding carboxylic acids is 1. The number of rotatable bonds is 10. The second kappa shape index (κ2) is 12.9. The van der Waals surface area contributed by atoms with E-state index in [-0.39, 0.29) is 16.9 Å². The van der Waals surface area contributed by atoms with Gasteiger partial charge >= 0.3 is 0 Å². The summed E-state index contributed by atoms with van der Waals surface area (Å²) in [5.74, 6) is 1.35. The number of methoxy groups -OCH3 is 1. The summed E-state index contributed by atoms with van der Waals surface area (Å²) in [4.78, 5) is 27.1. The molecule has 0 bridgehead atoms. The zero-order valence-electron chi connectivity index (χ0n) is 26.2. The van der Waals surface area contributed by atoms with Crippen molar-refractivity contribution in [3.8, 4) is 17.4 Å². The molecule has 43 heavy (non-hydrogen) atoms. The van der Waals surface area contributed by atoms with Gasteiger partial charge < -0.3 is 19.7 Å². The Bertz CT molecular complexity index is 1590. The third-order valence-electron chi connectivity index (χ3n) is 7.39. The van der Waals surface area contributed by atoms with E-state index in [2.05, 4.69) is 43.9 Å². The fourth-order valence-corrected chi connectivity index (χ4v) is 5.45. The molecule has 11 nitrogen and oxygen atoms in total. The van der Waals surface area contributed by atoms with Crippen molar-refractivity contribution in [1.82, 2.24) is 19.8 Å². The number of ether oxygens (including phenoxy) is 2. The molecule has 0 spiro atoms. The van der Waals surface area contributed by atoms with Gasteiger partial charge in [0.15, 0.2) is 5.75 Å². The summed E-state index contributed by atoms with van der Waals surface area (Å²) in [5.41, 5.74) is 2.25. The van der Waals surface area contributed by atoms with E-state index >= 15 is 0 Å². The predicted octanol–water partition coefficient (Wildman–Crippen LogP) is 4.64. The van der Waals surface area contributed by atoms with Crippen molar-refractivity contribution >= 4 is 27.3 Å². The summed E-state index contributed by atoms with van der Waals surface area (Å²) < 4.78 is 38.3. The smallest absolute Gasteiger partial charge is 0.255 e. The van der Waals surface area contributed by atoms with Gasteiger partial charge in [-0.25, -0.2) is 13.4 Å². The van der Waals surface area contributed by atoms with Gasteiger partial charge in [0, 0.05) is 37.0 Å². The zero-order valence-corrected chi connectivity index (χ0v) is 27.0. The van der Waals surface area contributed by atoms with Crippen LogP contribution < -0.4 is 19.5 Å². The number of carbonyl (C=O) groups is 1. The summed E-state index contributed by atoms with van der Waals surface area (Å²) in [5, 5.41) is 2.90. The number of likely N-dealkylation sites (N-methyl/N-ethyl adjacent to an activating group) is 1. The van der Waals surface area contributed by atoms with Crippen molar-refractivity contribution in [3.63, 3.8) is 0 Å². The molecule has 2 aromatic carbocycles. The highest BCUT2D eigenvalue weighted by atomic mass is 32.2. The number of sulfonamides is 1. The molecule has 1 fully saturated rings. The van der Waals surface area contributed by atoms with Gasteiger partial charge in [0.05, 0.1) is 31.3 Å². The van der Waals surface area contributed by atoms with E-state index < -0.39 is 15.9 Å². The molecule has 1 aliphatic heterocycles. The normalized spacial score (nSPS) is 15.9. The van der Waals surface area contributed by atoms with Gasteiger partial charge in [-0.15, -0.1) is 0 Å². The van der Waals surface area contributed by atoms with E-state index in [9.17, 15) is 13.2 Å². The average molecular weight is 611 g/mol. The van der Waals surface area contributed by atoms with Crippen molar-refractivity contribution in [1.29, 1.82) is 0 Å². The highest BCUT2D eigenvalue weighted by molar-refractivity contribution is 7.92. The molecule has 4 rings (SSSR count). The lowest BCUT2D eigenvalue weighted by Crippen LogP contribution is -2.31. The third kappa shape index (κ3) is 8.43. The van der Waals surface area contributed by atoms with Crippen molar-refractivity contribution in [2.24, 2.45) is 0 Å². The highest BCUT2D eigenvalue weighted by Gasteiger charge is 2.25. The topological polar surface area (TPSA) is 126 Å². The largest absolute Gasteiger partial charge is 0.492 e. The average Bonchev–Trinajstić information content (AvgIpc) is 3.37. The Labute approximate surface area is 254 Å². The molecular weight excluding hydrogens is 568 g/mol. The Morgan fingerprint density at radius 2 is 1.86 bits per heavy atom. The van der Waals surface area contributed by atoms with Crippen LogP contribution in [0.25, 0.3) is 0 Å². The maximum absolute atomic E-state index is 13.5. The van der Waals surface area contributed by atoms with Gasteiger partial charge in [-0.05, 0) is 68.2 Å². The Kier molecular flexibility index (Phi) is 9.63. The zero-order chi connectivity index (χ0) is 31.5. The van der Waals surface area contributed by atoms with E-state index in [1.54, 1.807) is 42.6 Å². The lowest BCUT2D eigenvalue weighted by atomic mass is 9.86. The van der Waals surface area contributed by atoms with Gasteiger partial charge in [-0.1, -0.05) is 26.8 Å². The molecule has 1 aliphatic rings. The Morgan fingerprint density at radius 3 is 2.49 bits per heavy atom. The minimum absolute atomic E-state index is 0.207. The van der Waals surface area contributed by atoms with Gasteiger partial charge in [-0.3, -0.25) is 14.4 Å². The number of aryl methyl sites for hydroxylation is 1. The summed E-state index contributed by atoms with van der Waals surface area (Å²) >= 11 is 0. The maximum Gasteiger partial charge on any atom is 0.255 e. The lowest BCUT2D eigenvalue weighted by molar-refractivity contribution is 0.102. The maximum atomic E-state index is 13.5. The summed E-state index contributed by atoms with van der Waals surface area (Å²) in [6.45, 7) is 10.5. The molecule has 0 unspecified atom stereocenters. The van der Waals surface area contributed by atoms with Crippen LogP contribution in [0.15, 0.2) is 42.6 Å². The summed E-state index contributed by atoms with van der Waals surface area (Å²) in [6.07, 6.45) is 3.86. The first-order valence-corrected chi connectivity index (χ1v) is 16.0. The molecule has 1 saturated heterocycles. The standard InChI is InChI=1S/C31H42N6O5S/c1-20-9-10-21(15-26(20)42-28-11-13-32-27(34-28)19-37-14-12-23(18-37)36(5)6)30(38)33-24-16-22(31(2,3)4)17-25(29(24)41-7)35-43(8,39)40/h9-11,13,15-17,23,35H,12,14,18-19H2,1-8H3,(H,33,38)/t23-/m1/s1. The monoisotopic (exact) mass is 610 g/mol. The second-order valence-electron chi connectivity index (χ2n) is 12.2. The summed E-state index contributed by atoms with van der Waals surface area (Å²) in [7, 11) is 2.02. The lowest BCUT2D eigenvalue weighted by Gasteiger charge is -2.24. The molecule has 3 aromatic rings. The van der Waals surface area contributed by atoms with Crippen LogP contribution in [-0.4, -0.2) is 80.7 Å². The number of hydrogen-bond acceptors (Lipinski definition) is 9. The number of aromatic nitrogens is 2. The number of nitrogens with zero attached hydrogens (tertiary/aromatic N) is 4. The van der Waals surface area contributed by atoms with Crippen LogP contribution in [0.5, 0.6) is 17.4 Å². The van der Waals surface area contributed by atoms with Gasteiger partial charge in [0.1, 0.15) is 11.6 Å². The minimum Gasteiger partial charge on any atom is -0.492 e. The van der Waals surface area contributed by atoms with Crippen LogP contribution in [0.1, 0.15) is 54.5 Å². The van der Waals surface area contributed by atoms with E-state index in [1.165, 1.54) is 7.11 Å². The van der Waals surface area contributed by atoms with Crippen LogP contribution in [0.2, 0.25) is 0 Å². The fourth-order valence-electron chi connectivity index (χ4n) is 4.90. The molecule has 1 amide bonds. The van der Waals surface area contributed by atoms with Crippen molar-refractivity contribution in [3.05, 3.63) is 65.1 Å². The molecule has 2 heterocycles. The first kappa shape index (κ1) is 32.2. The number of hydrogen-bond donors (Lipinski definition) is 2. The minimum atomic E-state index is -3.60. The van der Waals surface area contributed by atoms with E-state index in [0.29, 0.717) is 41.3 Å². The first-order chi connectivity index (χ1) is 20.1. The van der Waals surface area contributed by atoms with Crippen LogP contribution in [0.4, 0.5) is 11.4 Å². The van der Waals surface area contributed by atoms with Crippen LogP contribution >= 0.6 is 0 Å². The van der Waals surface area contributed by atoms with Gasteiger partial charge in [-0.2, -0.15) is 4.98 Å². The molecular formula is C31H42N6O5S. The van der Waals surface area contributed by atoms with Gasteiger partial charge in [0.2, 0.25) is 15.9 Å². The number of anilines is 2. The molecule has 1 aromatic heterocycles. The molecule has 0 radical (unpaired) electrons. The van der Waals surface area contributed by atoms with Crippen LogP contribution in [0.3, 0.4) is 0 Å². The number of likely N-dealkylation sites (tertiary alicyclic amines) is 1. The molecule has 0 saturated carbocycles. The van der Waals surface area contributed by atoms with Crippen molar-refractivity contribution < 1.29 is 22.7 Å². The van der Waals surface area contributed by atoms with Crippen molar-refractivity contribution in [2.45, 2.75) is 52.1 Å². The van der Waals surface area contributed by atoms with Gasteiger partial charge in [0.25, 0.3) is 5.91 Å². The molecule has 0 aliphatic carbocycles. The Morgan fingerprint density at radius 1 is 1.14 bits per heavy atom. The number of nitrogens with one attached hydrogen (secondary N) is 2. The van der Waals surface area contributed by atoms with Crippen molar-refractivity contribution in [2.75, 3.05) is 50.6 Å². The molecule has 12 heteroatoms. The Balaban J connectivity index is 1.56.